The Morgan fingerprint density at radius 2 is 1.77 bits per heavy atom. The molecule has 0 spiro atoms. The number of esters is 1. The van der Waals surface area contributed by atoms with Crippen molar-refractivity contribution in [3.8, 4) is 11.5 Å². The largest absolute Gasteiger partial charge is 0.506 e. The molecule has 0 unspecified atom stereocenters. The van der Waals surface area contributed by atoms with Crippen molar-refractivity contribution < 1.29 is 24.1 Å². The first kappa shape index (κ1) is 24.2. The van der Waals surface area contributed by atoms with E-state index in [0.717, 1.165) is 11.1 Å². The monoisotopic (exact) mass is 487 g/mol. The standard InChI is InChI=1S/C28H25NO5S/c1-3-33-28(31)25-26(30)24(35-27(25)29-21-12-14-22(32-2)15-13-21)17-20-10-7-11-23(16-20)34-18-19-8-5-4-6-9-19/h4-17,30H,3,18H2,1-2H3/b24-17-,29-27?. The Kier molecular flexibility index (Phi) is 7.90. The van der Waals surface area contributed by atoms with Crippen LogP contribution in [0.1, 0.15) is 18.1 Å². The Balaban J connectivity index is 1.60. The molecule has 0 amide bonds. The number of nitrogens with zero attached hydrogens (tertiary/aromatic N) is 1. The average molecular weight is 488 g/mol. The van der Waals surface area contributed by atoms with Gasteiger partial charge in [-0.25, -0.2) is 9.79 Å². The zero-order chi connectivity index (χ0) is 24.6. The minimum atomic E-state index is -0.617. The number of hydrogen-bond acceptors (Lipinski definition) is 7. The normalized spacial score (nSPS) is 15.5. The Morgan fingerprint density at radius 1 is 1.00 bits per heavy atom. The number of carbonyl (C=O) groups is 1. The molecule has 35 heavy (non-hydrogen) atoms. The maximum Gasteiger partial charge on any atom is 0.344 e. The molecule has 6 nitrogen and oxygen atoms in total. The molecule has 0 saturated heterocycles. The number of carbonyl (C=O) groups excluding carboxylic acids is 1. The van der Waals surface area contributed by atoms with Gasteiger partial charge in [-0.05, 0) is 60.5 Å². The fourth-order valence-electron chi connectivity index (χ4n) is 3.35. The Bertz CT molecular complexity index is 1280. The second kappa shape index (κ2) is 11.4. The van der Waals surface area contributed by atoms with Crippen molar-refractivity contribution in [2.45, 2.75) is 13.5 Å². The van der Waals surface area contributed by atoms with Crippen LogP contribution < -0.4 is 9.47 Å². The van der Waals surface area contributed by atoms with Gasteiger partial charge in [-0.1, -0.05) is 54.2 Å². The summed E-state index contributed by atoms with van der Waals surface area (Å²) < 4.78 is 16.3. The summed E-state index contributed by atoms with van der Waals surface area (Å²) in [4.78, 5) is 17.7. The number of methoxy groups -OCH3 is 1. The van der Waals surface area contributed by atoms with E-state index >= 15 is 0 Å². The van der Waals surface area contributed by atoms with E-state index in [9.17, 15) is 9.90 Å². The average Bonchev–Trinajstić information content (AvgIpc) is 3.18. The van der Waals surface area contributed by atoms with E-state index in [4.69, 9.17) is 14.2 Å². The molecule has 0 radical (unpaired) electrons. The summed E-state index contributed by atoms with van der Waals surface area (Å²) >= 11 is 1.21. The van der Waals surface area contributed by atoms with Gasteiger partial charge < -0.3 is 19.3 Å². The zero-order valence-electron chi connectivity index (χ0n) is 19.4. The number of benzene rings is 3. The van der Waals surface area contributed by atoms with Gasteiger partial charge in [-0.15, -0.1) is 0 Å². The lowest BCUT2D eigenvalue weighted by Crippen LogP contribution is -2.12. The Labute approximate surface area is 208 Å². The van der Waals surface area contributed by atoms with E-state index < -0.39 is 5.97 Å². The molecule has 3 aromatic carbocycles. The van der Waals surface area contributed by atoms with Gasteiger partial charge in [0.05, 0.1) is 24.3 Å². The lowest BCUT2D eigenvalue weighted by atomic mass is 10.1. The summed E-state index contributed by atoms with van der Waals surface area (Å²) in [6, 6.07) is 24.6. The number of aliphatic hydroxyl groups excluding tert-OH is 1. The highest BCUT2D eigenvalue weighted by Crippen LogP contribution is 2.40. The van der Waals surface area contributed by atoms with E-state index in [1.54, 1.807) is 44.4 Å². The van der Waals surface area contributed by atoms with E-state index in [2.05, 4.69) is 4.99 Å². The summed E-state index contributed by atoms with van der Waals surface area (Å²) in [7, 11) is 1.59. The van der Waals surface area contributed by atoms with Crippen molar-refractivity contribution in [1.82, 2.24) is 0 Å². The second-order valence-electron chi connectivity index (χ2n) is 7.52. The number of rotatable bonds is 8. The maximum absolute atomic E-state index is 12.6. The van der Waals surface area contributed by atoms with Gasteiger partial charge in [-0.2, -0.15) is 0 Å². The summed E-state index contributed by atoms with van der Waals surface area (Å²) in [6.07, 6.45) is 1.80. The molecule has 3 aromatic rings. The summed E-state index contributed by atoms with van der Waals surface area (Å²) in [6.45, 7) is 2.36. The van der Waals surface area contributed by atoms with Gasteiger partial charge >= 0.3 is 5.97 Å². The zero-order valence-corrected chi connectivity index (χ0v) is 20.2. The van der Waals surface area contributed by atoms with Crippen molar-refractivity contribution in [2.75, 3.05) is 13.7 Å². The summed E-state index contributed by atoms with van der Waals surface area (Å²) in [5, 5.41) is 11.3. The predicted octanol–water partition coefficient (Wildman–Crippen LogP) is 6.47. The first-order chi connectivity index (χ1) is 17.1. The molecule has 7 heteroatoms. The van der Waals surface area contributed by atoms with E-state index in [1.165, 1.54) is 11.8 Å². The SMILES string of the molecule is CCOC(=O)C1=C(O)/C(=C/c2cccc(OCc3ccccc3)c2)SC1=Nc1ccc(OC)cc1. The van der Waals surface area contributed by atoms with Gasteiger partial charge in [-0.3, -0.25) is 0 Å². The van der Waals surface area contributed by atoms with Crippen molar-refractivity contribution >= 4 is 34.5 Å². The molecule has 1 aliphatic rings. The molecule has 178 valence electrons. The maximum atomic E-state index is 12.6. The van der Waals surface area contributed by atoms with Crippen LogP contribution in [-0.4, -0.2) is 29.8 Å². The van der Waals surface area contributed by atoms with Gasteiger partial charge in [0.2, 0.25) is 0 Å². The Hall–Kier alpha value is -3.97. The van der Waals surface area contributed by atoms with Crippen molar-refractivity contribution in [3.63, 3.8) is 0 Å². The van der Waals surface area contributed by atoms with Crippen molar-refractivity contribution in [1.29, 1.82) is 0 Å². The smallest absolute Gasteiger partial charge is 0.344 e. The van der Waals surface area contributed by atoms with E-state index in [0.29, 0.717) is 33.7 Å². The topological polar surface area (TPSA) is 77.4 Å². The lowest BCUT2D eigenvalue weighted by molar-refractivity contribution is -0.138. The van der Waals surface area contributed by atoms with Crippen LogP contribution in [0.25, 0.3) is 6.08 Å². The van der Waals surface area contributed by atoms with E-state index in [-0.39, 0.29) is 17.9 Å². The van der Waals surface area contributed by atoms with Crippen LogP contribution in [0, 0.1) is 0 Å². The van der Waals surface area contributed by atoms with Crippen LogP contribution in [-0.2, 0) is 16.1 Å². The first-order valence-corrected chi connectivity index (χ1v) is 11.9. The molecule has 1 heterocycles. The highest BCUT2D eigenvalue weighted by atomic mass is 32.2. The number of thioether (sulfide) groups is 1. The second-order valence-corrected chi connectivity index (χ2v) is 8.55. The van der Waals surface area contributed by atoms with Crippen LogP contribution in [0.5, 0.6) is 11.5 Å². The van der Waals surface area contributed by atoms with Crippen LogP contribution in [0.2, 0.25) is 0 Å². The van der Waals surface area contributed by atoms with Gasteiger partial charge in [0.1, 0.15) is 34.5 Å². The molecule has 0 fully saturated rings. The lowest BCUT2D eigenvalue weighted by Gasteiger charge is -2.07. The molecule has 0 aliphatic carbocycles. The van der Waals surface area contributed by atoms with Gasteiger partial charge in [0.25, 0.3) is 0 Å². The number of aliphatic hydroxyl groups is 1. The van der Waals surface area contributed by atoms with Gasteiger partial charge in [0, 0.05) is 0 Å². The molecule has 0 bridgehead atoms. The number of aliphatic imine (C=N–C) groups is 1. The van der Waals surface area contributed by atoms with Crippen LogP contribution in [0.4, 0.5) is 5.69 Å². The van der Waals surface area contributed by atoms with Gasteiger partial charge in [0.15, 0.2) is 0 Å². The third kappa shape index (κ3) is 6.13. The number of hydrogen-bond donors (Lipinski definition) is 1. The molecule has 1 N–H and O–H groups in total. The first-order valence-electron chi connectivity index (χ1n) is 11.1. The summed E-state index contributed by atoms with van der Waals surface area (Å²) in [5.41, 5.74) is 2.57. The quantitative estimate of drug-likeness (QED) is 0.367. The highest BCUT2D eigenvalue weighted by molar-refractivity contribution is 8.18. The van der Waals surface area contributed by atoms with Crippen LogP contribution in [0.15, 0.2) is 100 Å². The number of ether oxygens (including phenoxy) is 3. The molecular weight excluding hydrogens is 462 g/mol. The minimum Gasteiger partial charge on any atom is -0.506 e. The third-order valence-corrected chi connectivity index (χ3v) is 6.10. The van der Waals surface area contributed by atoms with Crippen LogP contribution >= 0.6 is 11.8 Å². The highest BCUT2D eigenvalue weighted by Gasteiger charge is 2.33. The molecule has 4 rings (SSSR count). The fraction of sp³-hybridized carbons (Fsp3) is 0.143. The molecule has 0 saturated carbocycles. The molecular formula is C28H25NO5S. The third-order valence-electron chi connectivity index (χ3n) is 5.08. The van der Waals surface area contributed by atoms with E-state index in [1.807, 2.05) is 54.6 Å². The van der Waals surface area contributed by atoms with Crippen molar-refractivity contribution in [2.24, 2.45) is 4.99 Å². The summed E-state index contributed by atoms with van der Waals surface area (Å²) in [5.74, 6) is 0.629. The van der Waals surface area contributed by atoms with Crippen molar-refractivity contribution in [3.05, 3.63) is 106 Å². The van der Waals surface area contributed by atoms with Crippen LogP contribution in [0.3, 0.4) is 0 Å². The molecule has 0 aromatic heterocycles. The molecule has 1 aliphatic heterocycles. The predicted molar refractivity (Wildman–Crippen MR) is 139 cm³/mol. The fourth-order valence-corrected chi connectivity index (χ4v) is 4.39. The molecule has 0 atom stereocenters. The minimum absolute atomic E-state index is 0.0513. The Morgan fingerprint density at radius 3 is 2.49 bits per heavy atom.